The molecule has 0 bridgehead atoms. The molecule has 2 heterocycles. The zero-order valence-corrected chi connectivity index (χ0v) is 15.4. The van der Waals surface area contributed by atoms with E-state index in [1.807, 2.05) is 19.9 Å². The van der Waals surface area contributed by atoms with Crippen molar-refractivity contribution >= 4 is 23.5 Å². The van der Waals surface area contributed by atoms with Crippen LogP contribution in [-0.2, 0) is 4.79 Å². The van der Waals surface area contributed by atoms with Gasteiger partial charge in [0.05, 0.1) is 29.3 Å². The minimum absolute atomic E-state index is 0.0771. The van der Waals surface area contributed by atoms with E-state index in [2.05, 4.69) is 15.3 Å². The molecule has 2 aromatic rings. The van der Waals surface area contributed by atoms with Crippen molar-refractivity contribution < 1.29 is 14.0 Å². The summed E-state index contributed by atoms with van der Waals surface area (Å²) >= 11 is 1.28. The smallest absolute Gasteiger partial charge is 0.230 e. The zero-order chi connectivity index (χ0) is 18.0. The Morgan fingerprint density at radius 2 is 2.16 bits per heavy atom. The normalized spacial score (nSPS) is 15.0. The lowest BCUT2D eigenvalue weighted by Gasteiger charge is -2.13. The predicted octanol–water partition coefficient (Wildman–Crippen LogP) is 3.43. The number of thioether (sulfide) groups is 1. The molecule has 1 fully saturated rings. The standard InChI is InChI=1S/C18H21N3O3S/c1-10(14-5-4-8-24-14)19-15(23)9-25-18-16(12(3)22)11(2)20-17(21-18)13-6-7-13/h4-5,8,10,13H,6-7,9H2,1-3H3,(H,19,23)/t10-/m0/s1. The molecule has 132 valence electrons. The van der Waals surface area contributed by atoms with Gasteiger partial charge in [0.2, 0.25) is 5.91 Å². The summed E-state index contributed by atoms with van der Waals surface area (Å²) in [5.41, 5.74) is 1.21. The molecule has 25 heavy (non-hydrogen) atoms. The van der Waals surface area contributed by atoms with E-state index in [0.29, 0.717) is 28.0 Å². The van der Waals surface area contributed by atoms with Crippen LogP contribution in [-0.4, -0.2) is 27.4 Å². The molecule has 6 nitrogen and oxygen atoms in total. The summed E-state index contributed by atoms with van der Waals surface area (Å²) in [5, 5.41) is 3.48. The number of aromatic nitrogens is 2. The van der Waals surface area contributed by atoms with Crippen LogP contribution in [0.1, 0.15) is 66.3 Å². The second-order valence-electron chi connectivity index (χ2n) is 6.27. The van der Waals surface area contributed by atoms with Crippen molar-refractivity contribution in [1.82, 2.24) is 15.3 Å². The van der Waals surface area contributed by atoms with E-state index < -0.39 is 0 Å². The van der Waals surface area contributed by atoms with E-state index in [9.17, 15) is 9.59 Å². The lowest BCUT2D eigenvalue weighted by Crippen LogP contribution is -2.28. The van der Waals surface area contributed by atoms with Crippen LogP contribution >= 0.6 is 11.8 Å². The number of hydrogen-bond donors (Lipinski definition) is 1. The minimum atomic E-state index is -0.204. The maximum absolute atomic E-state index is 12.2. The molecule has 1 amide bonds. The molecule has 7 heteroatoms. The molecule has 0 radical (unpaired) electrons. The molecule has 1 aliphatic carbocycles. The first-order valence-electron chi connectivity index (χ1n) is 8.30. The van der Waals surface area contributed by atoms with Gasteiger partial charge >= 0.3 is 0 Å². The highest BCUT2D eigenvalue weighted by Gasteiger charge is 2.29. The molecule has 1 saturated carbocycles. The fourth-order valence-corrected chi connectivity index (χ4v) is 3.57. The van der Waals surface area contributed by atoms with Crippen LogP contribution in [0.15, 0.2) is 27.8 Å². The quantitative estimate of drug-likeness (QED) is 0.463. The fraction of sp³-hybridized carbons (Fsp3) is 0.444. The van der Waals surface area contributed by atoms with Crippen LogP contribution < -0.4 is 5.32 Å². The Morgan fingerprint density at radius 1 is 1.40 bits per heavy atom. The van der Waals surface area contributed by atoms with Crippen molar-refractivity contribution in [1.29, 1.82) is 0 Å². The number of Topliss-reactive ketones (excluding diaryl/α,β-unsaturated/α-hetero) is 1. The first-order chi connectivity index (χ1) is 12.0. The second-order valence-corrected chi connectivity index (χ2v) is 7.24. The van der Waals surface area contributed by atoms with Crippen molar-refractivity contribution in [3.8, 4) is 0 Å². The predicted molar refractivity (Wildman–Crippen MR) is 94.7 cm³/mol. The number of carbonyl (C=O) groups is 2. The van der Waals surface area contributed by atoms with Crippen molar-refractivity contribution in [3.63, 3.8) is 0 Å². The van der Waals surface area contributed by atoms with Crippen molar-refractivity contribution in [2.75, 3.05) is 5.75 Å². The maximum atomic E-state index is 12.2. The molecule has 1 N–H and O–H groups in total. The van der Waals surface area contributed by atoms with E-state index in [1.165, 1.54) is 18.7 Å². The summed E-state index contributed by atoms with van der Waals surface area (Å²) in [6.07, 6.45) is 3.75. The second kappa shape index (κ2) is 7.39. The number of nitrogens with zero attached hydrogens (tertiary/aromatic N) is 2. The number of hydrogen-bond acceptors (Lipinski definition) is 6. The molecule has 3 rings (SSSR count). The van der Waals surface area contributed by atoms with Crippen LogP contribution in [0.3, 0.4) is 0 Å². The van der Waals surface area contributed by atoms with Gasteiger partial charge in [0, 0.05) is 5.92 Å². The Labute approximate surface area is 150 Å². The summed E-state index contributed by atoms with van der Waals surface area (Å²) in [6.45, 7) is 5.20. The third-order valence-corrected chi connectivity index (χ3v) is 5.03. The molecule has 0 aliphatic heterocycles. The Bertz CT molecular complexity index is 785. The van der Waals surface area contributed by atoms with Crippen LogP contribution in [0.5, 0.6) is 0 Å². The number of carbonyl (C=O) groups excluding carboxylic acids is 2. The van der Waals surface area contributed by atoms with Gasteiger partial charge in [-0.3, -0.25) is 9.59 Å². The van der Waals surface area contributed by atoms with E-state index in [4.69, 9.17) is 4.42 Å². The molecule has 0 saturated heterocycles. The summed E-state index contributed by atoms with van der Waals surface area (Å²) in [6, 6.07) is 3.40. The van der Waals surface area contributed by atoms with Gasteiger partial charge in [-0.15, -0.1) is 0 Å². The Kier molecular flexibility index (Phi) is 5.22. The Hall–Kier alpha value is -2.15. The first-order valence-corrected chi connectivity index (χ1v) is 9.29. The van der Waals surface area contributed by atoms with Gasteiger partial charge in [0.1, 0.15) is 16.6 Å². The van der Waals surface area contributed by atoms with Gasteiger partial charge < -0.3 is 9.73 Å². The lowest BCUT2D eigenvalue weighted by atomic mass is 10.2. The third-order valence-electron chi connectivity index (χ3n) is 4.06. The van der Waals surface area contributed by atoms with Crippen LogP contribution in [0.2, 0.25) is 0 Å². The number of ketones is 1. The molecule has 0 aromatic carbocycles. The lowest BCUT2D eigenvalue weighted by molar-refractivity contribution is -0.119. The van der Waals surface area contributed by atoms with Crippen molar-refractivity contribution in [2.45, 2.75) is 50.6 Å². The number of furan rings is 1. The summed E-state index contributed by atoms with van der Waals surface area (Å²) in [7, 11) is 0. The summed E-state index contributed by atoms with van der Waals surface area (Å²) < 4.78 is 5.29. The van der Waals surface area contributed by atoms with Gasteiger partial charge in [-0.2, -0.15) is 0 Å². The highest BCUT2D eigenvalue weighted by atomic mass is 32.2. The monoisotopic (exact) mass is 359 g/mol. The van der Waals surface area contributed by atoms with E-state index in [1.54, 1.807) is 12.3 Å². The fourth-order valence-electron chi connectivity index (χ4n) is 2.63. The number of amides is 1. The van der Waals surface area contributed by atoms with E-state index >= 15 is 0 Å². The van der Waals surface area contributed by atoms with Gasteiger partial charge in [-0.05, 0) is 45.7 Å². The molecule has 1 atom stereocenters. The van der Waals surface area contributed by atoms with Gasteiger partial charge in [-0.25, -0.2) is 9.97 Å². The molecule has 0 spiro atoms. The third kappa shape index (κ3) is 4.28. The highest BCUT2D eigenvalue weighted by molar-refractivity contribution is 8.00. The van der Waals surface area contributed by atoms with Crippen LogP contribution in [0.4, 0.5) is 0 Å². The van der Waals surface area contributed by atoms with Crippen LogP contribution in [0, 0.1) is 6.92 Å². The number of rotatable bonds is 7. The van der Waals surface area contributed by atoms with Crippen LogP contribution in [0.25, 0.3) is 0 Å². The first kappa shape index (κ1) is 17.7. The van der Waals surface area contributed by atoms with E-state index in [-0.39, 0.29) is 23.5 Å². The summed E-state index contributed by atoms with van der Waals surface area (Å²) in [4.78, 5) is 33.2. The molecule has 2 aromatic heterocycles. The topological polar surface area (TPSA) is 85.1 Å². The highest BCUT2D eigenvalue weighted by Crippen LogP contribution is 2.39. The maximum Gasteiger partial charge on any atom is 0.230 e. The Balaban J connectivity index is 1.69. The largest absolute Gasteiger partial charge is 0.467 e. The van der Waals surface area contributed by atoms with Crippen molar-refractivity contribution in [3.05, 3.63) is 41.2 Å². The summed E-state index contributed by atoms with van der Waals surface area (Å²) in [5.74, 6) is 1.86. The average Bonchev–Trinajstić information content (AvgIpc) is 3.26. The van der Waals surface area contributed by atoms with E-state index in [0.717, 1.165) is 18.7 Å². The minimum Gasteiger partial charge on any atom is -0.467 e. The van der Waals surface area contributed by atoms with Gasteiger partial charge in [-0.1, -0.05) is 11.8 Å². The SMILES string of the molecule is CC(=O)c1c(C)nc(C2CC2)nc1SCC(=O)N[C@@H](C)c1ccco1. The number of nitrogens with one attached hydrogen (secondary N) is 1. The van der Waals surface area contributed by atoms with Gasteiger partial charge in [0.25, 0.3) is 0 Å². The molecular weight excluding hydrogens is 338 g/mol. The molecule has 0 unspecified atom stereocenters. The van der Waals surface area contributed by atoms with Crippen molar-refractivity contribution in [2.24, 2.45) is 0 Å². The number of aryl methyl sites for hydroxylation is 1. The Morgan fingerprint density at radius 3 is 2.76 bits per heavy atom. The molecule has 1 aliphatic rings. The average molecular weight is 359 g/mol. The van der Waals surface area contributed by atoms with Gasteiger partial charge in [0.15, 0.2) is 5.78 Å². The zero-order valence-electron chi connectivity index (χ0n) is 14.5. The molecular formula is C18H21N3O3S.